The molecule has 0 bridgehead atoms. The first-order valence-electron chi connectivity index (χ1n) is 11.1. The molecule has 1 radical (unpaired) electrons. The molecule has 6 rings (SSSR count). The number of fused-ring (bicyclic) bond motifs is 2. The van der Waals surface area contributed by atoms with Crippen molar-refractivity contribution in [1.29, 1.82) is 0 Å². The monoisotopic (exact) mass is 663 g/mol. The van der Waals surface area contributed by atoms with Gasteiger partial charge in [-0.25, -0.2) is 13.2 Å². The van der Waals surface area contributed by atoms with E-state index in [9.17, 15) is 13.2 Å². The second-order valence-electron chi connectivity index (χ2n) is 8.98. The Hall–Kier alpha value is -3.35. The minimum absolute atomic E-state index is 0. The van der Waals surface area contributed by atoms with Crippen molar-refractivity contribution in [3.63, 3.8) is 0 Å². The average Bonchev–Trinajstić information content (AvgIpc) is 3.35. The Morgan fingerprint density at radius 2 is 1.78 bits per heavy atom. The first-order chi connectivity index (χ1) is 16.7. The van der Waals surface area contributed by atoms with Crippen LogP contribution in [0.25, 0.3) is 33.4 Å². The average molecular weight is 663 g/mol. The third-order valence-electron chi connectivity index (χ3n) is 6.19. The van der Waals surface area contributed by atoms with Crippen molar-refractivity contribution in [3.8, 4) is 22.6 Å². The molecule has 5 aromatic rings. The van der Waals surface area contributed by atoms with Crippen LogP contribution in [0.4, 0.5) is 13.2 Å². The summed E-state index contributed by atoms with van der Waals surface area (Å²) < 4.78 is 40.1. The van der Waals surface area contributed by atoms with Crippen LogP contribution in [-0.4, -0.2) is 15.1 Å². The molecular formula is C28H21F3IrN4-2. The molecule has 3 aromatic heterocycles. The maximum atomic E-state index is 14.4. The number of pyridine rings is 2. The largest absolute Gasteiger partial charge is 0.573 e. The van der Waals surface area contributed by atoms with Gasteiger partial charge in [0.25, 0.3) is 5.92 Å². The van der Waals surface area contributed by atoms with Crippen molar-refractivity contribution >= 4 is 10.8 Å². The number of rotatable bonds is 2. The fourth-order valence-electron chi connectivity index (χ4n) is 4.49. The summed E-state index contributed by atoms with van der Waals surface area (Å²) in [6.45, 7) is 4.92. The smallest absolute Gasteiger partial charge is 0.285 e. The summed E-state index contributed by atoms with van der Waals surface area (Å²) in [7, 11) is 0. The van der Waals surface area contributed by atoms with Gasteiger partial charge in [-0.2, -0.15) is 0 Å². The van der Waals surface area contributed by atoms with E-state index >= 15 is 0 Å². The van der Waals surface area contributed by atoms with Crippen molar-refractivity contribution in [3.05, 3.63) is 102 Å². The fraction of sp³-hybridized carbons (Fsp3) is 0.179. The van der Waals surface area contributed by atoms with Gasteiger partial charge >= 0.3 is 0 Å². The Labute approximate surface area is 220 Å². The van der Waals surface area contributed by atoms with Crippen LogP contribution in [0.2, 0.25) is 0 Å². The van der Waals surface area contributed by atoms with Gasteiger partial charge in [0.2, 0.25) is 0 Å². The summed E-state index contributed by atoms with van der Waals surface area (Å²) >= 11 is 0. The first kappa shape index (κ1) is 25.7. The predicted octanol–water partition coefficient (Wildman–Crippen LogP) is 6.69. The molecule has 4 nitrogen and oxygen atoms in total. The van der Waals surface area contributed by atoms with E-state index in [-0.39, 0.29) is 37.0 Å². The maximum absolute atomic E-state index is 14.4. The molecule has 0 N–H and O–H groups in total. The third-order valence-corrected chi connectivity index (χ3v) is 6.19. The molecule has 36 heavy (non-hydrogen) atoms. The molecule has 0 saturated heterocycles. The third kappa shape index (κ3) is 4.47. The molecule has 0 aliphatic heterocycles. The quantitative estimate of drug-likeness (QED) is 0.198. The molecule has 0 saturated carbocycles. The van der Waals surface area contributed by atoms with Gasteiger partial charge < -0.3 is 15.2 Å². The van der Waals surface area contributed by atoms with Crippen molar-refractivity contribution in [1.82, 2.24) is 20.2 Å². The van der Waals surface area contributed by atoms with Gasteiger partial charge in [0.05, 0.1) is 5.69 Å². The van der Waals surface area contributed by atoms with Gasteiger partial charge in [-0.15, -0.1) is 23.8 Å². The van der Waals surface area contributed by atoms with Crippen molar-refractivity contribution < 1.29 is 33.3 Å². The van der Waals surface area contributed by atoms with E-state index in [2.05, 4.69) is 52.2 Å². The Bertz CT molecular complexity index is 1520. The number of halogens is 3. The van der Waals surface area contributed by atoms with Gasteiger partial charge in [-0.05, 0) is 51.7 Å². The first-order valence-corrected chi connectivity index (χ1v) is 11.1. The SMILES string of the molecule is CC(F)(F)c1cc(-c2ccccn2)[n-]n1.CC1(C)c2c([c-]ccc2F)-c2nccc3cccc1c23.[Ir]. The van der Waals surface area contributed by atoms with E-state index in [0.717, 1.165) is 34.5 Å². The molecule has 3 heterocycles. The maximum Gasteiger partial charge on any atom is 0.285 e. The summed E-state index contributed by atoms with van der Waals surface area (Å²) in [5.41, 5.74) is 3.65. The minimum Gasteiger partial charge on any atom is -0.573 e. The van der Waals surface area contributed by atoms with Gasteiger partial charge in [-0.3, -0.25) is 4.98 Å². The van der Waals surface area contributed by atoms with Crippen LogP contribution in [0, 0.1) is 11.9 Å². The van der Waals surface area contributed by atoms with Crippen LogP contribution in [0.1, 0.15) is 37.6 Å². The number of alkyl halides is 2. The number of hydrogen-bond acceptors (Lipinski definition) is 3. The molecule has 0 unspecified atom stereocenters. The van der Waals surface area contributed by atoms with Gasteiger partial charge in [0.1, 0.15) is 0 Å². The van der Waals surface area contributed by atoms with E-state index in [1.165, 1.54) is 12.1 Å². The van der Waals surface area contributed by atoms with E-state index in [4.69, 9.17) is 0 Å². The fourth-order valence-corrected chi connectivity index (χ4v) is 4.49. The van der Waals surface area contributed by atoms with E-state index in [1.54, 1.807) is 36.7 Å². The Kier molecular flexibility index (Phi) is 6.86. The van der Waals surface area contributed by atoms with E-state index in [0.29, 0.717) is 17.0 Å². The molecule has 0 atom stereocenters. The second kappa shape index (κ2) is 9.60. The van der Waals surface area contributed by atoms with Gasteiger partial charge in [0, 0.05) is 50.9 Å². The van der Waals surface area contributed by atoms with Crippen LogP contribution >= 0.6 is 0 Å². The molecule has 0 spiro atoms. The predicted molar refractivity (Wildman–Crippen MR) is 128 cm³/mol. The van der Waals surface area contributed by atoms with E-state index < -0.39 is 5.92 Å². The van der Waals surface area contributed by atoms with Crippen molar-refractivity contribution in [2.45, 2.75) is 32.1 Å². The van der Waals surface area contributed by atoms with Crippen LogP contribution < -0.4 is 5.10 Å². The zero-order chi connectivity index (χ0) is 24.8. The normalized spacial score (nSPS) is 13.3. The van der Waals surface area contributed by atoms with Crippen molar-refractivity contribution in [2.24, 2.45) is 0 Å². The van der Waals surface area contributed by atoms with Crippen LogP contribution in [0.5, 0.6) is 0 Å². The number of nitrogens with zero attached hydrogens (tertiary/aromatic N) is 4. The molecule has 8 heteroatoms. The molecule has 0 fully saturated rings. The summed E-state index contributed by atoms with van der Waals surface area (Å²) in [5.74, 6) is -3.14. The number of benzene rings is 2. The van der Waals surface area contributed by atoms with Crippen LogP contribution in [0.3, 0.4) is 0 Å². The molecule has 1 aliphatic rings. The number of aromatic nitrogens is 4. The minimum atomic E-state index is -2.96. The molecule has 2 aromatic carbocycles. The molecule has 0 amide bonds. The molecular weight excluding hydrogens is 642 g/mol. The number of hydrogen-bond donors (Lipinski definition) is 0. The standard InChI is InChI=1S/C18H13FN.C10H8F2N3.Ir/c1-18(2)13-7-3-5-11-9-10-20-17(15(11)13)12-6-4-8-14(19)16(12)18;1-10(11,12)9-6-8(14-15-9)7-4-2-3-5-13-7;/h3-5,7-10H,1-2H3;2-6H,1H3;/q2*-1;. The summed E-state index contributed by atoms with van der Waals surface area (Å²) in [5, 5.41) is 9.35. The summed E-state index contributed by atoms with van der Waals surface area (Å²) in [4.78, 5) is 8.48. The topological polar surface area (TPSA) is 52.8 Å². The Balaban J connectivity index is 0.000000172. The van der Waals surface area contributed by atoms with E-state index in [1.807, 2.05) is 12.1 Å². The summed E-state index contributed by atoms with van der Waals surface area (Å²) in [6.07, 6.45) is 3.36. The zero-order valence-electron chi connectivity index (χ0n) is 19.7. The van der Waals surface area contributed by atoms with Crippen LogP contribution in [-0.2, 0) is 31.4 Å². The molecule has 1 aliphatic carbocycles. The molecule has 185 valence electrons. The second-order valence-corrected chi connectivity index (χ2v) is 8.98. The van der Waals surface area contributed by atoms with Crippen molar-refractivity contribution in [2.75, 3.05) is 0 Å². The van der Waals surface area contributed by atoms with Crippen LogP contribution in [0.15, 0.2) is 73.1 Å². The Morgan fingerprint density at radius 3 is 2.47 bits per heavy atom. The zero-order valence-corrected chi connectivity index (χ0v) is 22.1. The van der Waals surface area contributed by atoms with Gasteiger partial charge in [0.15, 0.2) is 0 Å². The summed E-state index contributed by atoms with van der Waals surface area (Å²) in [6, 6.07) is 20.9. The Morgan fingerprint density at radius 1 is 0.972 bits per heavy atom. The van der Waals surface area contributed by atoms with Gasteiger partial charge in [-0.1, -0.05) is 49.4 Å².